The average molecular weight is 279 g/mol. The molecule has 3 N–H and O–H groups in total. The second-order valence-electron chi connectivity index (χ2n) is 4.16. The van der Waals surface area contributed by atoms with Gasteiger partial charge in [-0.25, -0.2) is 9.78 Å². The first-order valence-corrected chi connectivity index (χ1v) is 6.38. The van der Waals surface area contributed by atoms with Crippen LogP contribution < -0.4 is 5.32 Å². The van der Waals surface area contributed by atoms with Crippen LogP contribution in [-0.4, -0.2) is 27.0 Å². The van der Waals surface area contributed by atoms with Crippen LogP contribution in [0.4, 0.5) is 5.13 Å². The summed E-state index contributed by atoms with van der Waals surface area (Å²) in [5.41, 5.74) is 1.35. The number of rotatable bonds is 3. The van der Waals surface area contributed by atoms with E-state index in [1.54, 1.807) is 20.0 Å². The van der Waals surface area contributed by atoms with Crippen LogP contribution in [0.25, 0.3) is 0 Å². The summed E-state index contributed by atoms with van der Waals surface area (Å²) >= 11 is 1.37. The third-order valence-electron chi connectivity index (χ3n) is 2.72. The Morgan fingerprint density at radius 2 is 2.05 bits per heavy atom. The van der Waals surface area contributed by atoms with Crippen molar-refractivity contribution in [3.63, 3.8) is 0 Å². The van der Waals surface area contributed by atoms with Gasteiger partial charge in [0.1, 0.15) is 5.69 Å². The number of anilines is 1. The number of carbonyl (C=O) groups is 2. The van der Waals surface area contributed by atoms with Gasteiger partial charge in [-0.05, 0) is 26.3 Å². The van der Waals surface area contributed by atoms with E-state index in [0.29, 0.717) is 22.0 Å². The molecule has 6 nitrogen and oxygen atoms in total. The van der Waals surface area contributed by atoms with Gasteiger partial charge < -0.3 is 10.1 Å². The quantitative estimate of drug-likeness (QED) is 0.803. The number of carboxylic acids is 1. The Balaban J connectivity index is 2.31. The van der Waals surface area contributed by atoms with Gasteiger partial charge in [0.15, 0.2) is 5.13 Å². The van der Waals surface area contributed by atoms with E-state index in [4.69, 9.17) is 5.11 Å². The van der Waals surface area contributed by atoms with Crippen molar-refractivity contribution in [3.8, 4) is 0 Å². The molecule has 2 heterocycles. The molecule has 0 bridgehead atoms. The van der Waals surface area contributed by atoms with Crippen LogP contribution in [0.2, 0.25) is 0 Å². The molecule has 0 aliphatic heterocycles. The minimum atomic E-state index is -1.08. The van der Waals surface area contributed by atoms with Crippen molar-refractivity contribution < 1.29 is 14.7 Å². The van der Waals surface area contributed by atoms with Gasteiger partial charge in [-0.2, -0.15) is 0 Å². The van der Waals surface area contributed by atoms with Gasteiger partial charge in [0.25, 0.3) is 5.91 Å². The fourth-order valence-corrected chi connectivity index (χ4v) is 2.54. The molecule has 0 aliphatic carbocycles. The highest BCUT2D eigenvalue weighted by molar-refractivity contribution is 7.15. The lowest BCUT2D eigenvalue weighted by Crippen LogP contribution is -2.13. The molecule has 0 atom stereocenters. The van der Waals surface area contributed by atoms with Crippen molar-refractivity contribution in [1.82, 2.24) is 9.97 Å². The number of carbonyl (C=O) groups excluding carboxylic acids is 1. The summed E-state index contributed by atoms with van der Waals surface area (Å²) in [5, 5.41) is 12.2. The van der Waals surface area contributed by atoms with Crippen LogP contribution in [0, 0.1) is 20.8 Å². The van der Waals surface area contributed by atoms with E-state index in [0.717, 1.165) is 4.88 Å². The standard InChI is InChI=1S/C12H13N3O3S/c1-5-4-13-12(19-5)15-10(16)8-6(2)9(11(17)18)14-7(8)3/h4,14H,1-3H3,(H,17,18)(H,13,15,16). The zero-order chi connectivity index (χ0) is 14.2. The summed E-state index contributed by atoms with van der Waals surface area (Å²) < 4.78 is 0. The Bertz CT molecular complexity index is 657. The van der Waals surface area contributed by atoms with E-state index in [-0.39, 0.29) is 11.6 Å². The summed E-state index contributed by atoms with van der Waals surface area (Å²) in [6.07, 6.45) is 1.67. The molecule has 0 saturated heterocycles. The normalized spacial score (nSPS) is 10.5. The monoisotopic (exact) mass is 279 g/mol. The highest BCUT2D eigenvalue weighted by Crippen LogP contribution is 2.21. The molecule has 0 saturated carbocycles. The molecule has 0 aliphatic rings. The molecule has 0 spiro atoms. The predicted octanol–water partition coefficient (Wildman–Crippen LogP) is 2.35. The number of aromatic nitrogens is 2. The molecule has 0 radical (unpaired) electrons. The molecule has 100 valence electrons. The zero-order valence-electron chi connectivity index (χ0n) is 10.7. The van der Waals surface area contributed by atoms with E-state index in [1.165, 1.54) is 11.3 Å². The Labute approximate surface area is 113 Å². The summed E-state index contributed by atoms with van der Waals surface area (Å²) in [6, 6.07) is 0. The summed E-state index contributed by atoms with van der Waals surface area (Å²) in [5.74, 6) is -1.43. The number of aryl methyl sites for hydroxylation is 2. The van der Waals surface area contributed by atoms with Crippen molar-refractivity contribution in [2.45, 2.75) is 20.8 Å². The van der Waals surface area contributed by atoms with Crippen LogP contribution >= 0.6 is 11.3 Å². The number of hydrogen-bond acceptors (Lipinski definition) is 4. The number of H-pyrrole nitrogens is 1. The number of hydrogen-bond donors (Lipinski definition) is 3. The number of amides is 1. The molecule has 2 rings (SSSR count). The predicted molar refractivity (Wildman–Crippen MR) is 72.0 cm³/mol. The molecule has 1 amide bonds. The number of carboxylic acid groups (broad SMARTS) is 1. The van der Waals surface area contributed by atoms with Crippen molar-refractivity contribution in [3.05, 3.63) is 33.6 Å². The van der Waals surface area contributed by atoms with Gasteiger partial charge >= 0.3 is 5.97 Å². The van der Waals surface area contributed by atoms with E-state index in [9.17, 15) is 9.59 Å². The largest absolute Gasteiger partial charge is 0.477 e. The Morgan fingerprint density at radius 3 is 2.53 bits per heavy atom. The van der Waals surface area contributed by atoms with Crippen molar-refractivity contribution >= 4 is 28.3 Å². The van der Waals surface area contributed by atoms with Gasteiger partial charge in [0, 0.05) is 16.8 Å². The smallest absolute Gasteiger partial charge is 0.352 e. The lowest BCUT2D eigenvalue weighted by atomic mass is 10.1. The average Bonchev–Trinajstić information content (AvgIpc) is 2.83. The first-order valence-electron chi connectivity index (χ1n) is 5.56. The van der Waals surface area contributed by atoms with Crippen LogP contribution in [0.15, 0.2) is 6.20 Å². The van der Waals surface area contributed by atoms with Crippen molar-refractivity contribution in [2.75, 3.05) is 5.32 Å². The minimum absolute atomic E-state index is 0.0398. The fourth-order valence-electron chi connectivity index (χ4n) is 1.88. The molecule has 2 aromatic heterocycles. The first kappa shape index (κ1) is 13.3. The van der Waals surface area contributed by atoms with E-state index >= 15 is 0 Å². The van der Waals surface area contributed by atoms with E-state index in [2.05, 4.69) is 15.3 Å². The van der Waals surface area contributed by atoms with Crippen LogP contribution in [-0.2, 0) is 0 Å². The van der Waals surface area contributed by atoms with E-state index in [1.807, 2.05) is 6.92 Å². The molecular formula is C12H13N3O3S. The minimum Gasteiger partial charge on any atom is -0.477 e. The fraction of sp³-hybridized carbons (Fsp3) is 0.250. The second kappa shape index (κ2) is 4.85. The zero-order valence-corrected chi connectivity index (χ0v) is 11.5. The Kier molecular flexibility index (Phi) is 3.39. The third-order valence-corrected chi connectivity index (χ3v) is 3.55. The second-order valence-corrected chi connectivity index (χ2v) is 5.40. The van der Waals surface area contributed by atoms with E-state index < -0.39 is 5.97 Å². The number of nitrogens with zero attached hydrogens (tertiary/aromatic N) is 1. The maximum Gasteiger partial charge on any atom is 0.352 e. The number of aromatic amines is 1. The van der Waals surface area contributed by atoms with Gasteiger partial charge in [-0.15, -0.1) is 11.3 Å². The highest BCUT2D eigenvalue weighted by Gasteiger charge is 2.22. The van der Waals surface area contributed by atoms with Crippen LogP contribution in [0.3, 0.4) is 0 Å². The van der Waals surface area contributed by atoms with Crippen molar-refractivity contribution in [2.24, 2.45) is 0 Å². The van der Waals surface area contributed by atoms with Crippen LogP contribution in [0.5, 0.6) is 0 Å². The number of thiazole rings is 1. The maximum absolute atomic E-state index is 12.1. The molecule has 19 heavy (non-hydrogen) atoms. The summed E-state index contributed by atoms with van der Waals surface area (Å²) in [7, 11) is 0. The van der Waals surface area contributed by atoms with Gasteiger partial charge in [0.2, 0.25) is 0 Å². The lowest BCUT2D eigenvalue weighted by molar-refractivity contribution is 0.0690. The van der Waals surface area contributed by atoms with Gasteiger partial charge in [0.05, 0.1) is 5.56 Å². The SMILES string of the molecule is Cc1cnc(NC(=O)c2c(C)[nH]c(C(=O)O)c2C)s1. The number of aromatic carboxylic acids is 1. The first-order chi connectivity index (χ1) is 8.90. The number of nitrogens with one attached hydrogen (secondary N) is 2. The van der Waals surface area contributed by atoms with Crippen LogP contribution in [0.1, 0.15) is 37.0 Å². The molecule has 0 fully saturated rings. The molecule has 2 aromatic rings. The molecule has 7 heteroatoms. The van der Waals surface area contributed by atoms with Gasteiger partial charge in [-0.1, -0.05) is 0 Å². The topological polar surface area (TPSA) is 95.1 Å². The summed E-state index contributed by atoms with van der Waals surface area (Å²) in [6.45, 7) is 5.17. The summed E-state index contributed by atoms with van der Waals surface area (Å²) in [4.78, 5) is 30.9. The maximum atomic E-state index is 12.1. The molecule has 0 aromatic carbocycles. The lowest BCUT2D eigenvalue weighted by Gasteiger charge is -2.02. The molecule has 0 unspecified atom stereocenters. The Hall–Kier alpha value is -2.15. The molecular weight excluding hydrogens is 266 g/mol. The highest BCUT2D eigenvalue weighted by atomic mass is 32.1. The third kappa shape index (κ3) is 2.50. The van der Waals surface area contributed by atoms with Gasteiger partial charge in [-0.3, -0.25) is 10.1 Å². The Morgan fingerprint density at radius 1 is 1.37 bits per heavy atom. The van der Waals surface area contributed by atoms with Crippen molar-refractivity contribution in [1.29, 1.82) is 0 Å².